The highest BCUT2D eigenvalue weighted by Crippen LogP contribution is 2.16. The number of rotatable bonds is 55. The fraction of sp³-hybridized carbons (Fsp3) is 0.716. The predicted molar refractivity (Wildman–Crippen MR) is 316 cm³/mol. The summed E-state index contributed by atoms with van der Waals surface area (Å²) in [6, 6.07) is 0. The fourth-order valence-corrected chi connectivity index (χ4v) is 8.54. The zero-order valence-corrected chi connectivity index (χ0v) is 47.9. The highest BCUT2D eigenvalue weighted by Gasteiger charge is 2.19. The highest BCUT2D eigenvalue weighted by molar-refractivity contribution is 5.71. The van der Waals surface area contributed by atoms with Gasteiger partial charge in [0.1, 0.15) is 13.2 Å². The number of esters is 3. The number of unbranched alkanes of at least 4 members (excludes halogenated alkanes) is 28. The van der Waals surface area contributed by atoms with Gasteiger partial charge in [0, 0.05) is 19.3 Å². The number of carbonyl (C=O) groups excluding carboxylic acids is 3. The van der Waals surface area contributed by atoms with Crippen molar-refractivity contribution < 1.29 is 28.6 Å². The van der Waals surface area contributed by atoms with E-state index in [0.717, 1.165) is 135 Å². The zero-order chi connectivity index (χ0) is 52.9. The summed E-state index contributed by atoms with van der Waals surface area (Å²) in [5.74, 6) is -0.934. The molecule has 418 valence electrons. The van der Waals surface area contributed by atoms with E-state index in [4.69, 9.17) is 14.2 Å². The van der Waals surface area contributed by atoms with E-state index < -0.39 is 6.10 Å². The molecule has 0 aromatic rings. The van der Waals surface area contributed by atoms with Crippen LogP contribution in [0.5, 0.6) is 0 Å². The number of hydrogen-bond acceptors (Lipinski definition) is 6. The first-order chi connectivity index (χ1) is 36.0. The first-order valence-electron chi connectivity index (χ1n) is 30.7. The lowest BCUT2D eigenvalue weighted by Crippen LogP contribution is -2.30. The summed E-state index contributed by atoms with van der Waals surface area (Å²) in [6.45, 7) is 6.40. The van der Waals surface area contributed by atoms with E-state index in [1.807, 2.05) is 0 Å². The average molecular weight is 1020 g/mol. The van der Waals surface area contributed by atoms with Crippen molar-refractivity contribution in [3.8, 4) is 0 Å². The van der Waals surface area contributed by atoms with Crippen LogP contribution < -0.4 is 0 Å². The Hall–Kier alpha value is -3.67. The molecule has 0 N–H and O–H groups in total. The molecular formula is C67H114O6. The average Bonchev–Trinajstić information content (AvgIpc) is 3.39. The maximum atomic E-state index is 12.9. The molecule has 0 spiro atoms. The molecule has 0 bridgehead atoms. The molecule has 73 heavy (non-hydrogen) atoms. The molecule has 0 heterocycles. The van der Waals surface area contributed by atoms with Gasteiger partial charge >= 0.3 is 17.9 Å². The normalized spacial score (nSPS) is 12.8. The molecule has 6 heteroatoms. The molecule has 0 unspecified atom stereocenters. The minimum Gasteiger partial charge on any atom is -0.462 e. The summed E-state index contributed by atoms with van der Waals surface area (Å²) in [5.41, 5.74) is 0. The summed E-state index contributed by atoms with van der Waals surface area (Å²) >= 11 is 0. The van der Waals surface area contributed by atoms with Crippen LogP contribution in [-0.2, 0) is 28.6 Å². The molecule has 6 nitrogen and oxygen atoms in total. The lowest BCUT2D eigenvalue weighted by atomic mass is 10.0. The van der Waals surface area contributed by atoms with Gasteiger partial charge in [-0.15, -0.1) is 0 Å². The Morgan fingerprint density at radius 3 is 0.836 bits per heavy atom. The van der Waals surface area contributed by atoms with E-state index in [1.54, 1.807) is 0 Å². The Morgan fingerprint density at radius 1 is 0.288 bits per heavy atom. The minimum atomic E-state index is -0.802. The van der Waals surface area contributed by atoms with Gasteiger partial charge < -0.3 is 14.2 Å². The molecule has 0 aromatic carbocycles. The van der Waals surface area contributed by atoms with Gasteiger partial charge in [0.25, 0.3) is 0 Å². The van der Waals surface area contributed by atoms with Crippen molar-refractivity contribution in [1.82, 2.24) is 0 Å². The van der Waals surface area contributed by atoms with E-state index in [1.165, 1.54) is 116 Å². The Morgan fingerprint density at radius 2 is 0.534 bits per heavy atom. The second-order valence-corrected chi connectivity index (χ2v) is 20.2. The molecule has 1 atom stereocenters. The van der Waals surface area contributed by atoms with Crippen molar-refractivity contribution >= 4 is 17.9 Å². The van der Waals surface area contributed by atoms with Crippen molar-refractivity contribution in [3.05, 3.63) is 97.2 Å². The second-order valence-electron chi connectivity index (χ2n) is 20.2. The van der Waals surface area contributed by atoms with E-state index in [2.05, 4.69) is 118 Å². The van der Waals surface area contributed by atoms with E-state index in [-0.39, 0.29) is 31.1 Å². The summed E-state index contributed by atoms with van der Waals surface area (Å²) in [4.78, 5) is 38.3. The molecule has 0 saturated carbocycles. The third-order valence-corrected chi connectivity index (χ3v) is 13.1. The SMILES string of the molecule is CC/C=C\C/C=C\C/C=C\C/C=C\CCCCCCC(=O)OC[C@H](COC(=O)CCCCCCCCCCCCCCCCCCCCCCC)OC(=O)CCCCCC/C=C\C/C=C\C/C=C\C/C=C\CC. The lowest BCUT2D eigenvalue weighted by molar-refractivity contribution is -0.167. The molecule has 0 radical (unpaired) electrons. The van der Waals surface area contributed by atoms with Gasteiger partial charge in [-0.2, -0.15) is 0 Å². The van der Waals surface area contributed by atoms with Gasteiger partial charge in [-0.1, -0.05) is 272 Å². The van der Waals surface area contributed by atoms with Gasteiger partial charge in [0.15, 0.2) is 6.10 Å². The second kappa shape index (κ2) is 60.9. The van der Waals surface area contributed by atoms with Crippen LogP contribution >= 0.6 is 0 Å². The van der Waals surface area contributed by atoms with Gasteiger partial charge in [0.2, 0.25) is 0 Å². The Balaban J connectivity index is 4.42. The van der Waals surface area contributed by atoms with Crippen molar-refractivity contribution in [2.24, 2.45) is 0 Å². The van der Waals surface area contributed by atoms with Gasteiger partial charge in [-0.05, 0) is 96.3 Å². The Kier molecular flexibility index (Phi) is 57.8. The van der Waals surface area contributed by atoms with Gasteiger partial charge in [-0.3, -0.25) is 14.4 Å². The topological polar surface area (TPSA) is 78.9 Å². The molecule has 0 amide bonds. The van der Waals surface area contributed by atoms with Crippen molar-refractivity contribution in [2.75, 3.05) is 13.2 Å². The van der Waals surface area contributed by atoms with Crippen LogP contribution in [0.2, 0.25) is 0 Å². The van der Waals surface area contributed by atoms with Crippen LogP contribution in [0, 0.1) is 0 Å². The first kappa shape index (κ1) is 69.3. The quantitative estimate of drug-likeness (QED) is 0.0261. The number of allylic oxidation sites excluding steroid dienone is 16. The maximum Gasteiger partial charge on any atom is 0.306 e. The fourth-order valence-electron chi connectivity index (χ4n) is 8.54. The monoisotopic (exact) mass is 1010 g/mol. The molecule has 0 saturated heterocycles. The van der Waals surface area contributed by atoms with Crippen molar-refractivity contribution in [1.29, 1.82) is 0 Å². The first-order valence-corrected chi connectivity index (χ1v) is 30.7. The van der Waals surface area contributed by atoms with E-state index in [0.29, 0.717) is 19.3 Å². The molecular weight excluding hydrogens is 901 g/mol. The van der Waals surface area contributed by atoms with Crippen molar-refractivity contribution in [3.63, 3.8) is 0 Å². The van der Waals surface area contributed by atoms with E-state index in [9.17, 15) is 14.4 Å². The predicted octanol–water partition coefficient (Wildman–Crippen LogP) is 20.9. The number of carbonyl (C=O) groups is 3. The van der Waals surface area contributed by atoms with Crippen LogP contribution in [0.15, 0.2) is 97.2 Å². The largest absolute Gasteiger partial charge is 0.462 e. The van der Waals surface area contributed by atoms with Crippen molar-refractivity contribution in [2.45, 2.75) is 297 Å². The molecule has 0 aliphatic carbocycles. The van der Waals surface area contributed by atoms with Crippen LogP contribution in [0.25, 0.3) is 0 Å². The van der Waals surface area contributed by atoms with Crippen LogP contribution in [-0.4, -0.2) is 37.2 Å². The zero-order valence-electron chi connectivity index (χ0n) is 47.9. The summed E-state index contributed by atoms with van der Waals surface area (Å²) < 4.78 is 16.9. The molecule has 0 aliphatic heterocycles. The van der Waals surface area contributed by atoms with Crippen LogP contribution in [0.4, 0.5) is 0 Å². The van der Waals surface area contributed by atoms with Crippen LogP contribution in [0.3, 0.4) is 0 Å². The Bertz CT molecular complexity index is 1440. The molecule has 0 rings (SSSR count). The van der Waals surface area contributed by atoms with Gasteiger partial charge in [0.05, 0.1) is 0 Å². The summed E-state index contributed by atoms with van der Waals surface area (Å²) in [7, 11) is 0. The molecule has 0 aromatic heterocycles. The minimum absolute atomic E-state index is 0.0940. The molecule has 0 aliphatic rings. The smallest absolute Gasteiger partial charge is 0.306 e. The third kappa shape index (κ3) is 59.1. The Labute approximate surface area is 451 Å². The standard InChI is InChI=1S/C67H114O6/c1-4-7-10-13-16-19-22-25-28-31-32-33-34-37-39-42-45-48-51-54-57-60-66(69)72-63-64(73-67(70)61-58-55-52-49-46-43-40-36-30-27-24-21-18-15-12-9-6-3)62-71-65(68)59-56-53-50-47-44-41-38-35-29-26-23-20-17-14-11-8-5-2/h8-9,11-12,17-18,20-21,26-27,29-30,38,40-41,43,64H,4-7,10,13-16,19,22-25,28,31-37,39,42,44-63H2,1-3H3/b11-8-,12-9-,20-17-,21-18-,29-26-,30-27-,41-38-,43-40-/t64-/m1/s1. The summed E-state index contributed by atoms with van der Waals surface area (Å²) in [6.07, 6.45) is 81.2. The van der Waals surface area contributed by atoms with Gasteiger partial charge in [-0.25, -0.2) is 0 Å². The lowest BCUT2D eigenvalue weighted by Gasteiger charge is -2.18. The van der Waals surface area contributed by atoms with Crippen LogP contribution in [0.1, 0.15) is 290 Å². The molecule has 0 fully saturated rings. The number of hydrogen-bond donors (Lipinski definition) is 0. The van der Waals surface area contributed by atoms with E-state index >= 15 is 0 Å². The summed E-state index contributed by atoms with van der Waals surface area (Å²) in [5, 5.41) is 0. The maximum absolute atomic E-state index is 12.9. The number of ether oxygens (including phenoxy) is 3. The highest BCUT2D eigenvalue weighted by atomic mass is 16.6. The third-order valence-electron chi connectivity index (χ3n) is 13.1.